The Balaban J connectivity index is 1.70. The Morgan fingerprint density at radius 2 is 1.83 bits per heavy atom. The Bertz CT molecular complexity index is 705. The van der Waals surface area contributed by atoms with Crippen molar-refractivity contribution in [3.63, 3.8) is 0 Å². The van der Waals surface area contributed by atoms with Gasteiger partial charge < -0.3 is 9.26 Å². The summed E-state index contributed by atoms with van der Waals surface area (Å²) < 4.78 is 10.4. The number of aromatic nitrogens is 1. The van der Waals surface area contributed by atoms with Gasteiger partial charge in [-0.2, -0.15) is 0 Å². The predicted octanol–water partition coefficient (Wildman–Crippen LogP) is 1.76. The highest BCUT2D eigenvalue weighted by Crippen LogP contribution is 2.16. The molecule has 0 saturated carbocycles. The molecular weight excluding hydrogens is 310 g/mol. The normalized spacial score (nSPS) is 10.3. The minimum atomic E-state index is -0.427. The maximum Gasteiger partial charge on any atom is 0.276 e. The molecule has 0 radical (unpaired) electrons. The van der Waals surface area contributed by atoms with Crippen molar-refractivity contribution in [1.82, 2.24) is 16.0 Å². The van der Waals surface area contributed by atoms with E-state index < -0.39 is 5.91 Å². The minimum absolute atomic E-state index is 0.172. The third kappa shape index (κ3) is 4.84. The monoisotopic (exact) mass is 331 g/mol. The summed E-state index contributed by atoms with van der Waals surface area (Å²) in [5.41, 5.74) is 7.32. The fourth-order valence-corrected chi connectivity index (χ4v) is 2.20. The largest absolute Gasteiger partial charge is 0.483 e. The lowest BCUT2D eigenvalue weighted by atomic mass is 10.1. The molecule has 0 spiro atoms. The summed E-state index contributed by atoms with van der Waals surface area (Å²) in [6.07, 6.45) is 0.727. The van der Waals surface area contributed by atoms with E-state index in [4.69, 9.17) is 9.26 Å². The van der Waals surface area contributed by atoms with Crippen LogP contribution in [0.3, 0.4) is 0 Å². The summed E-state index contributed by atoms with van der Waals surface area (Å²) in [5, 5.41) is 3.84. The predicted molar refractivity (Wildman–Crippen MR) is 87.3 cm³/mol. The Morgan fingerprint density at radius 3 is 2.50 bits per heavy atom. The topological polar surface area (TPSA) is 93.5 Å². The molecule has 0 aliphatic carbocycles. The summed E-state index contributed by atoms with van der Waals surface area (Å²) in [6, 6.07) is 7.40. The highest BCUT2D eigenvalue weighted by atomic mass is 16.5. The summed E-state index contributed by atoms with van der Waals surface area (Å²) in [6.45, 7) is 5.35. The number of para-hydroxylation sites is 1. The van der Waals surface area contributed by atoms with Crippen molar-refractivity contribution < 1.29 is 18.8 Å². The number of nitrogens with zero attached hydrogens (tertiary/aromatic N) is 1. The van der Waals surface area contributed by atoms with E-state index in [2.05, 4.69) is 16.0 Å². The summed E-state index contributed by atoms with van der Waals surface area (Å²) in [7, 11) is 0. The first-order valence-corrected chi connectivity index (χ1v) is 7.65. The molecule has 2 rings (SSSR count). The maximum atomic E-state index is 11.8. The van der Waals surface area contributed by atoms with Crippen molar-refractivity contribution in [1.29, 1.82) is 0 Å². The van der Waals surface area contributed by atoms with Crippen LogP contribution < -0.4 is 15.6 Å². The zero-order valence-corrected chi connectivity index (χ0v) is 14.0. The van der Waals surface area contributed by atoms with Crippen molar-refractivity contribution in [3.8, 4) is 5.75 Å². The standard InChI is InChI=1S/C17H21N3O4/c1-11-6-4-5-7-15(11)23-10-17(22)19-18-16(21)9-8-14-12(2)20-24-13(14)3/h4-7H,8-10H2,1-3H3,(H,18,21)(H,19,22). The van der Waals surface area contributed by atoms with Gasteiger partial charge in [0.05, 0.1) is 5.69 Å². The average molecular weight is 331 g/mol. The fraction of sp³-hybridized carbons (Fsp3) is 0.353. The Kier molecular flexibility index (Phi) is 5.95. The van der Waals surface area contributed by atoms with Crippen molar-refractivity contribution in [2.75, 3.05) is 6.61 Å². The summed E-state index contributed by atoms with van der Waals surface area (Å²) >= 11 is 0. The van der Waals surface area contributed by atoms with Crippen LogP contribution in [0.4, 0.5) is 0 Å². The van der Waals surface area contributed by atoms with Gasteiger partial charge in [-0.15, -0.1) is 0 Å². The van der Waals surface area contributed by atoms with Crippen LogP contribution in [0.1, 0.15) is 29.0 Å². The maximum absolute atomic E-state index is 11.8. The number of hydrazine groups is 1. The van der Waals surface area contributed by atoms with Gasteiger partial charge in [-0.1, -0.05) is 23.4 Å². The molecule has 0 fully saturated rings. The van der Waals surface area contributed by atoms with Crippen molar-refractivity contribution >= 4 is 11.8 Å². The van der Waals surface area contributed by atoms with E-state index in [-0.39, 0.29) is 18.9 Å². The number of hydrogen-bond donors (Lipinski definition) is 2. The molecule has 0 atom stereocenters. The molecule has 2 N–H and O–H groups in total. The highest BCUT2D eigenvalue weighted by Gasteiger charge is 2.12. The highest BCUT2D eigenvalue weighted by molar-refractivity contribution is 5.82. The lowest BCUT2D eigenvalue weighted by Gasteiger charge is -2.10. The van der Waals surface area contributed by atoms with E-state index in [9.17, 15) is 9.59 Å². The molecule has 0 bridgehead atoms. The van der Waals surface area contributed by atoms with Crippen molar-refractivity contribution in [2.45, 2.75) is 33.6 Å². The first-order chi connectivity index (χ1) is 11.5. The van der Waals surface area contributed by atoms with Gasteiger partial charge in [0.25, 0.3) is 5.91 Å². The molecule has 24 heavy (non-hydrogen) atoms. The van der Waals surface area contributed by atoms with Crippen LogP contribution >= 0.6 is 0 Å². The lowest BCUT2D eigenvalue weighted by Crippen LogP contribution is -2.43. The van der Waals surface area contributed by atoms with Gasteiger partial charge in [-0.05, 0) is 38.8 Å². The molecule has 2 aromatic rings. The molecule has 1 aromatic carbocycles. The van der Waals surface area contributed by atoms with E-state index in [1.807, 2.05) is 32.0 Å². The van der Waals surface area contributed by atoms with Crippen LogP contribution in [0.5, 0.6) is 5.75 Å². The third-order valence-corrected chi connectivity index (χ3v) is 3.58. The second-order valence-corrected chi connectivity index (χ2v) is 5.45. The molecule has 1 heterocycles. The minimum Gasteiger partial charge on any atom is -0.483 e. The van der Waals surface area contributed by atoms with Gasteiger partial charge >= 0.3 is 0 Å². The SMILES string of the molecule is Cc1ccccc1OCC(=O)NNC(=O)CCc1c(C)noc1C. The second kappa shape index (κ2) is 8.14. The van der Waals surface area contributed by atoms with Gasteiger partial charge in [0.15, 0.2) is 6.61 Å². The molecule has 0 aliphatic heterocycles. The number of rotatable bonds is 6. The molecule has 128 valence electrons. The van der Waals surface area contributed by atoms with Crippen molar-refractivity contribution in [3.05, 3.63) is 46.8 Å². The second-order valence-electron chi connectivity index (χ2n) is 5.45. The van der Waals surface area contributed by atoms with Gasteiger partial charge in [-0.25, -0.2) is 0 Å². The smallest absolute Gasteiger partial charge is 0.276 e. The van der Waals surface area contributed by atoms with Crippen LogP contribution in [0.2, 0.25) is 0 Å². The van der Waals surface area contributed by atoms with Crippen LogP contribution in [0.15, 0.2) is 28.8 Å². The quantitative estimate of drug-likeness (QED) is 0.787. The van der Waals surface area contributed by atoms with E-state index >= 15 is 0 Å². The number of benzene rings is 1. The molecule has 7 nitrogen and oxygen atoms in total. The number of carbonyl (C=O) groups is 2. The van der Waals surface area contributed by atoms with E-state index in [0.29, 0.717) is 17.9 Å². The zero-order valence-electron chi connectivity index (χ0n) is 14.0. The lowest BCUT2D eigenvalue weighted by molar-refractivity contribution is -0.130. The van der Waals surface area contributed by atoms with Gasteiger partial charge in [-0.3, -0.25) is 20.4 Å². The van der Waals surface area contributed by atoms with Crippen molar-refractivity contribution in [2.24, 2.45) is 0 Å². The number of ether oxygens (including phenoxy) is 1. The first-order valence-electron chi connectivity index (χ1n) is 7.65. The fourth-order valence-electron chi connectivity index (χ4n) is 2.20. The van der Waals surface area contributed by atoms with Crippen LogP contribution in [-0.2, 0) is 16.0 Å². The Labute approximate surface area is 140 Å². The third-order valence-electron chi connectivity index (χ3n) is 3.58. The summed E-state index contributed by atoms with van der Waals surface area (Å²) in [4.78, 5) is 23.5. The molecule has 0 aliphatic rings. The van der Waals surface area contributed by atoms with Crippen LogP contribution in [-0.4, -0.2) is 23.6 Å². The molecule has 2 amide bonds. The summed E-state index contributed by atoms with van der Waals surface area (Å²) in [5.74, 6) is 0.622. The molecule has 0 unspecified atom stereocenters. The number of nitrogens with one attached hydrogen (secondary N) is 2. The first kappa shape index (κ1) is 17.5. The van der Waals surface area contributed by atoms with Gasteiger partial charge in [0.1, 0.15) is 11.5 Å². The number of hydrogen-bond acceptors (Lipinski definition) is 5. The van der Waals surface area contributed by atoms with Gasteiger partial charge in [0.2, 0.25) is 5.91 Å². The molecular formula is C17H21N3O4. The molecule has 1 aromatic heterocycles. The Morgan fingerprint density at radius 1 is 1.12 bits per heavy atom. The zero-order chi connectivity index (χ0) is 17.5. The molecule has 7 heteroatoms. The van der Waals surface area contributed by atoms with E-state index in [1.54, 1.807) is 13.0 Å². The van der Waals surface area contributed by atoms with E-state index in [1.165, 1.54) is 0 Å². The van der Waals surface area contributed by atoms with E-state index in [0.717, 1.165) is 16.8 Å². The average Bonchev–Trinajstić information content (AvgIpc) is 2.88. The number of amides is 2. The Hall–Kier alpha value is -2.83. The molecule has 0 saturated heterocycles. The van der Waals surface area contributed by atoms with Gasteiger partial charge in [0, 0.05) is 12.0 Å². The number of aryl methyl sites for hydroxylation is 3. The van der Waals surface area contributed by atoms with Crippen LogP contribution in [0.25, 0.3) is 0 Å². The number of carbonyl (C=O) groups excluding carboxylic acids is 2. The van der Waals surface area contributed by atoms with Crippen LogP contribution in [0, 0.1) is 20.8 Å².